The van der Waals surface area contributed by atoms with Gasteiger partial charge >= 0.3 is 0 Å². The van der Waals surface area contributed by atoms with Crippen molar-refractivity contribution in [3.05, 3.63) is 60.6 Å². The lowest BCUT2D eigenvalue weighted by molar-refractivity contribution is 0.112. The van der Waals surface area contributed by atoms with E-state index in [1.54, 1.807) is 6.20 Å². The Labute approximate surface area is 98.4 Å². The van der Waals surface area contributed by atoms with Crippen molar-refractivity contribution in [3.63, 3.8) is 0 Å². The summed E-state index contributed by atoms with van der Waals surface area (Å²) < 4.78 is 1.96. The number of imidazole rings is 1. The highest BCUT2D eigenvalue weighted by Crippen LogP contribution is 2.20. The highest BCUT2D eigenvalue weighted by Gasteiger charge is 2.00. The SMILES string of the molecule is O=Cc1ccc(-c2ccn3ccnc3c2)cc1. The highest BCUT2D eigenvalue weighted by molar-refractivity contribution is 5.77. The van der Waals surface area contributed by atoms with Crippen LogP contribution in [0, 0.1) is 0 Å². The lowest BCUT2D eigenvalue weighted by atomic mass is 10.1. The Bertz CT molecular complexity index is 668. The molecule has 0 spiro atoms. The van der Waals surface area contributed by atoms with Crippen LogP contribution >= 0.6 is 0 Å². The number of carbonyl (C=O) groups excluding carboxylic acids is 1. The molecule has 0 unspecified atom stereocenters. The number of fused-ring (bicyclic) bond motifs is 1. The fraction of sp³-hybridized carbons (Fsp3) is 0. The van der Waals surface area contributed by atoms with Gasteiger partial charge in [-0.05, 0) is 23.3 Å². The molecule has 0 aliphatic carbocycles. The molecule has 3 nitrogen and oxygen atoms in total. The first-order valence-corrected chi connectivity index (χ1v) is 5.35. The molecule has 17 heavy (non-hydrogen) atoms. The third-order valence-electron chi connectivity index (χ3n) is 2.78. The molecular formula is C14H10N2O. The van der Waals surface area contributed by atoms with Crippen LogP contribution in [0.3, 0.4) is 0 Å². The van der Waals surface area contributed by atoms with E-state index in [9.17, 15) is 4.79 Å². The summed E-state index contributed by atoms with van der Waals surface area (Å²) in [6.45, 7) is 0. The molecule has 0 saturated carbocycles. The van der Waals surface area contributed by atoms with Crippen LogP contribution in [0.4, 0.5) is 0 Å². The first kappa shape index (κ1) is 9.78. The van der Waals surface area contributed by atoms with Crippen LogP contribution in [0.25, 0.3) is 16.8 Å². The molecule has 0 radical (unpaired) electrons. The minimum atomic E-state index is 0.690. The maximum atomic E-state index is 10.6. The molecule has 2 heterocycles. The average molecular weight is 222 g/mol. The van der Waals surface area contributed by atoms with Crippen molar-refractivity contribution < 1.29 is 4.79 Å². The second-order valence-corrected chi connectivity index (χ2v) is 3.85. The molecule has 0 atom stereocenters. The van der Waals surface area contributed by atoms with E-state index in [2.05, 4.69) is 4.98 Å². The van der Waals surface area contributed by atoms with Gasteiger partial charge in [0, 0.05) is 24.2 Å². The van der Waals surface area contributed by atoms with E-state index in [0.717, 1.165) is 23.1 Å². The largest absolute Gasteiger partial charge is 0.307 e. The van der Waals surface area contributed by atoms with Gasteiger partial charge in [0.1, 0.15) is 11.9 Å². The molecule has 2 aromatic heterocycles. The normalized spacial score (nSPS) is 10.6. The van der Waals surface area contributed by atoms with Crippen LogP contribution in [0.1, 0.15) is 10.4 Å². The molecule has 0 bridgehead atoms. The molecule has 0 amide bonds. The minimum absolute atomic E-state index is 0.690. The number of benzene rings is 1. The first-order valence-electron chi connectivity index (χ1n) is 5.35. The number of rotatable bonds is 2. The van der Waals surface area contributed by atoms with Crippen LogP contribution in [-0.4, -0.2) is 15.7 Å². The lowest BCUT2D eigenvalue weighted by Gasteiger charge is -2.02. The van der Waals surface area contributed by atoms with Crippen molar-refractivity contribution in [1.82, 2.24) is 9.38 Å². The van der Waals surface area contributed by atoms with Crippen molar-refractivity contribution in [1.29, 1.82) is 0 Å². The first-order chi connectivity index (χ1) is 8.36. The van der Waals surface area contributed by atoms with Crippen molar-refractivity contribution >= 4 is 11.9 Å². The Kier molecular flexibility index (Phi) is 2.22. The summed E-state index contributed by atoms with van der Waals surface area (Å²) in [4.78, 5) is 14.8. The summed E-state index contributed by atoms with van der Waals surface area (Å²) in [6.07, 6.45) is 6.51. The molecule has 0 aliphatic heterocycles. The standard InChI is InChI=1S/C14H10N2O/c17-10-11-1-3-12(4-2-11)13-5-7-16-8-6-15-14(16)9-13/h1-10H. The maximum Gasteiger partial charge on any atom is 0.150 e. The van der Waals surface area contributed by atoms with Gasteiger partial charge in [-0.1, -0.05) is 24.3 Å². The van der Waals surface area contributed by atoms with E-state index in [0.29, 0.717) is 5.56 Å². The van der Waals surface area contributed by atoms with Gasteiger partial charge in [0.25, 0.3) is 0 Å². The van der Waals surface area contributed by atoms with Gasteiger partial charge < -0.3 is 4.40 Å². The smallest absolute Gasteiger partial charge is 0.150 e. The Morgan fingerprint density at radius 2 is 1.82 bits per heavy atom. The maximum absolute atomic E-state index is 10.6. The zero-order valence-electron chi connectivity index (χ0n) is 9.08. The zero-order chi connectivity index (χ0) is 11.7. The molecule has 0 saturated heterocycles. The van der Waals surface area contributed by atoms with E-state index in [4.69, 9.17) is 0 Å². The number of aromatic nitrogens is 2. The fourth-order valence-corrected chi connectivity index (χ4v) is 1.84. The molecule has 3 heteroatoms. The van der Waals surface area contributed by atoms with Gasteiger partial charge in [0.2, 0.25) is 0 Å². The fourth-order valence-electron chi connectivity index (χ4n) is 1.84. The summed E-state index contributed by atoms with van der Waals surface area (Å²) >= 11 is 0. The third-order valence-corrected chi connectivity index (χ3v) is 2.78. The van der Waals surface area contributed by atoms with E-state index in [1.165, 1.54) is 0 Å². The topological polar surface area (TPSA) is 34.4 Å². The van der Waals surface area contributed by atoms with Crippen LogP contribution in [0.5, 0.6) is 0 Å². The number of hydrogen-bond acceptors (Lipinski definition) is 2. The van der Waals surface area contributed by atoms with Crippen LogP contribution in [0.15, 0.2) is 55.0 Å². The molecule has 1 aromatic carbocycles. The van der Waals surface area contributed by atoms with Gasteiger partial charge in [0.05, 0.1) is 0 Å². The van der Waals surface area contributed by atoms with E-state index in [-0.39, 0.29) is 0 Å². The predicted octanol–water partition coefficient (Wildman–Crippen LogP) is 2.81. The zero-order valence-corrected chi connectivity index (χ0v) is 9.08. The van der Waals surface area contributed by atoms with Gasteiger partial charge in [-0.15, -0.1) is 0 Å². The van der Waals surface area contributed by atoms with E-state index < -0.39 is 0 Å². The Hall–Kier alpha value is -2.42. The number of nitrogens with zero attached hydrogens (tertiary/aromatic N) is 2. The molecule has 0 N–H and O–H groups in total. The Morgan fingerprint density at radius 3 is 2.59 bits per heavy atom. The molecule has 82 valence electrons. The summed E-state index contributed by atoms with van der Waals surface area (Å²) in [5.41, 5.74) is 3.79. The number of carbonyl (C=O) groups is 1. The monoisotopic (exact) mass is 222 g/mol. The third kappa shape index (κ3) is 1.72. The minimum Gasteiger partial charge on any atom is -0.307 e. The van der Waals surface area contributed by atoms with E-state index >= 15 is 0 Å². The molecular weight excluding hydrogens is 212 g/mol. The van der Waals surface area contributed by atoms with Gasteiger partial charge in [0.15, 0.2) is 0 Å². The average Bonchev–Trinajstić information content (AvgIpc) is 2.86. The predicted molar refractivity (Wildman–Crippen MR) is 66.0 cm³/mol. The lowest BCUT2D eigenvalue weighted by Crippen LogP contribution is -1.85. The van der Waals surface area contributed by atoms with Crippen molar-refractivity contribution in [2.45, 2.75) is 0 Å². The van der Waals surface area contributed by atoms with Gasteiger partial charge in [-0.3, -0.25) is 4.79 Å². The van der Waals surface area contributed by atoms with E-state index in [1.807, 2.05) is 53.2 Å². The molecule has 0 aliphatic rings. The van der Waals surface area contributed by atoms with Gasteiger partial charge in [-0.2, -0.15) is 0 Å². The second kappa shape index (κ2) is 3.87. The van der Waals surface area contributed by atoms with Crippen molar-refractivity contribution in [2.24, 2.45) is 0 Å². The van der Waals surface area contributed by atoms with Crippen molar-refractivity contribution in [3.8, 4) is 11.1 Å². The summed E-state index contributed by atoms with van der Waals surface area (Å²) in [5.74, 6) is 0. The van der Waals surface area contributed by atoms with Crippen LogP contribution < -0.4 is 0 Å². The Balaban J connectivity index is 2.09. The summed E-state index contributed by atoms with van der Waals surface area (Å²) in [7, 11) is 0. The Morgan fingerprint density at radius 1 is 1.00 bits per heavy atom. The quantitative estimate of drug-likeness (QED) is 0.625. The molecule has 3 aromatic rings. The molecule has 3 rings (SSSR count). The second-order valence-electron chi connectivity index (χ2n) is 3.85. The number of aldehydes is 1. The number of hydrogen-bond donors (Lipinski definition) is 0. The summed E-state index contributed by atoms with van der Waals surface area (Å²) in [5, 5.41) is 0. The van der Waals surface area contributed by atoms with Crippen LogP contribution in [-0.2, 0) is 0 Å². The molecule has 0 fully saturated rings. The number of pyridine rings is 1. The van der Waals surface area contributed by atoms with Crippen molar-refractivity contribution in [2.75, 3.05) is 0 Å². The summed E-state index contributed by atoms with van der Waals surface area (Å²) in [6, 6.07) is 11.6. The van der Waals surface area contributed by atoms with Gasteiger partial charge in [-0.25, -0.2) is 4.98 Å². The van der Waals surface area contributed by atoms with Crippen LogP contribution in [0.2, 0.25) is 0 Å². The highest BCUT2D eigenvalue weighted by atomic mass is 16.1.